The summed E-state index contributed by atoms with van der Waals surface area (Å²) in [6, 6.07) is 0. The fourth-order valence-electron chi connectivity index (χ4n) is 1.43. The minimum atomic E-state index is -0.104. The molecular formula is C11H18BrN3O2. The topological polar surface area (TPSA) is 56.1 Å². The number of carbonyl (C=O) groups excluding carboxylic acids is 1. The van der Waals surface area contributed by atoms with Crippen molar-refractivity contribution in [3.05, 3.63) is 16.4 Å². The molecule has 0 unspecified atom stereocenters. The Bertz CT molecular complexity index is 366. The first kappa shape index (κ1) is 14.2. The smallest absolute Gasteiger partial charge is 0.270 e. The standard InChI is InChI=1S/C11H18BrN3O2/c1-3-15-10(9(12)8-14-15)11(16)13-6-5-7-17-4-2/h8H,3-7H2,1-2H3,(H,13,16). The highest BCUT2D eigenvalue weighted by atomic mass is 79.9. The Labute approximate surface area is 110 Å². The predicted molar refractivity (Wildman–Crippen MR) is 69.0 cm³/mol. The first-order valence-electron chi connectivity index (χ1n) is 5.77. The van der Waals surface area contributed by atoms with E-state index in [2.05, 4.69) is 26.3 Å². The van der Waals surface area contributed by atoms with Gasteiger partial charge >= 0.3 is 0 Å². The lowest BCUT2D eigenvalue weighted by atomic mass is 10.3. The van der Waals surface area contributed by atoms with Crippen molar-refractivity contribution in [2.45, 2.75) is 26.8 Å². The van der Waals surface area contributed by atoms with Crippen LogP contribution in [-0.4, -0.2) is 35.4 Å². The third-order valence-corrected chi connectivity index (χ3v) is 2.84. The molecule has 0 bridgehead atoms. The number of halogens is 1. The van der Waals surface area contributed by atoms with Gasteiger partial charge in [-0.2, -0.15) is 5.10 Å². The largest absolute Gasteiger partial charge is 0.382 e. The van der Waals surface area contributed by atoms with Gasteiger partial charge in [-0.1, -0.05) is 0 Å². The van der Waals surface area contributed by atoms with E-state index >= 15 is 0 Å². The van der Waals surface area contributed by atoms with Crippen LogP contribution in [0.1, 0.15) is 30.8 Å². The number of nitrogens with one attached hydrogen (secondary N) is 1. The summed E-state index contributed by atoms with van der Waals surface area (Å²) < 4.78 is 7.59. The lowest BCUT2D eigenvalue weighted by Gasteiger charge is -2.07. The van der Waals surface area contributed by atoms with Gasteiger partial charge in [-0.15, -0.1) is 0 Å². The minimum absolute atomic E-state index is 0.104. The lowest BCUT2D eigenvalue weighted by molar-refractivity contribution is 0.0933. The molecule has 1 amide bonds. The number of aryl methyl sites for hydroxylation is 1. The maximum absolute atomic E-state index is 11.9. The number of amides is 1. The average Bonchev–Trinajstić information content (AvgIpc) is 2.70. The summed E-state index contributed by atoms with van der Waals surface area (Å²) >= 11 is 3.32. The van der Waals surface area contributed by atoms with E-state index in [0.717, 1.165) is 10.9 Å². The molecule has 0 aliphatic rings. The van der Waals surface area contributed by atoms with Gasteiger partial charge < -0.3 is 10.1 Å². The number of aromatic nitrogens is 2. The lowest BCUT2D eigenvalue weighted by Crippen LogP contribution is -2.28. The monoisotopic (exact) mass is 303 g/mol. The number of rotatable bonds is 7. The van der Waals surface area contributed by atoms with Gasteiger partial charge in [0, 0.05) is 26.3 Å². The first-order valence-corrected chi connectivity index (χ1v) is 6.57. The molecule has 5 nitrogen and oxygen atoms in total. The Kier molecular flexibility index (Phi) is 6.21. The Morgan fingerprint density at radius 2 is 2.35 bits per heavy atom. The van der Waals surface area contributed by atoms with Crippen molar-refractivity contribution in [2.75, 3.05) is 19.8 Å². The van der Waals surface area contributed by atoms with Crippen LogP contribution in [-0.2, 0) is 11.3 Å². The van der Waals surface area contributed by atoms with Crippen molar-refractivity contribution in [2.24, 2.45) is 0 Å². The third kappa shape index (κ3) is 4.12. The molecule has 0 atom stereocenters. The summed E-state index contributed by atoms with van der Waals surface area (Å²) in [4.78, 5) is 11.9. The van der Waals surface area contributed by atoms with Gasteiger partial charge in [0.2, 0.25) is 0 Å². The summed E-state index contributed by atoms with van der Waals surface area (Å²) in [7, 11) is 0. The van der Waals surface area contributed by atoms with Crippen LogP contribution in [0.3, 0.4) is 0 Å². The van der Waals surface area contributed by atoms with Crippen molar-refractivity contribution < 1.29 is 9.53 Å². The molecule has 0 aliphatic carbocycles. The fourth-order valence-corrected chi connectivity index (χ4v) is 1.91. The van der Waals surface area contributed by atoms with E-state index in [-0.39, 0.29) is 5.91 Å². The molecule has 6 heteroatoms. The van der Waals surface area contributed by atoms with E-state index in [1.807, 2.05) is 13.8 Å². The summed E-state index contributed by atoms with van der Waals surface area (Å²) in [5.74, 6) is -0.104. The van der Waals surface area contributed by atoms with Crippen LogP contribution in [0.25, 0.3) is 0 Å². The Balaban J connectivity index is 2.44. The summed E-state index contributed by atoms with van der Waals surface area (Å²) in [5, 5.41) is 6.95. The molecule has 0 aromatic carbocycles. The molecule has 1 aromatic rings. The number of nitrogens with zero attached hydrogens (tertiary/aromatic N) is 2. The minimum Gasteiger partial charge on any atom is -0.382 e. The molecule has 0 saturated carbocycles. The first-order chi connectivity index (χ1) is 8.20. The van der Waals surface area contributed by atoms with E-state index in [0.29, 0.717) is 32.0 Å². The Hall–Kier alpha value is -0.880. The van der Waals surface area contributed by atoms with Crippen LogP contribution < -0.4 is 5.32 Å². The third-order valence-electron chi connectivity index (χ3n) is 2.26. The molecule has 0 saturated heterocycles. The summed E-state index contributed by atoms with van der Waals surface area (Å²) in [5.41, 5.74) is 0.573. The Morgan fingerprint density at radius 1 is 1.59 bits per heavy atom. The molecule has 0 aliphatic heterocycles. The summed E-state index contributed by atoms with van der Waals surface area (Å²) in [6.07, 6.45) is 2.45. The van der Waals surface area contributed by atoms with Gasteiger partial charge in [-0.25, -0.2) is 0 Å². The quantitative estimate of drug-likeness (QED) is 0.782. The van der Waals surface area contributed by atoms with Crippen molar-refractivity contribution in [1.82, 2.24) is 15.1 Å². The van der Waals surface area contributed by atoms with Gasteiger partial charge in [0.25, 0.3) is 5.91 Å². The molecular weight excluding hydrogens is 286 g/mol. The fraction of sp³-hybridized carbons (Fsp3) is 0.636. The molecule has 1 N–H and O–H groups in total. The predicted octanol–water partition coefficient (Wildman–Crippen LogP) is 1.82. The number of hydrogen-bond acceptors (Lipinski definition) is 3. The number of ether oxygens (including phenoxy) is 1. The van der Waals surface area contributed by atoms with E-state index in [9.17, 15) is 4.79 Å². The van der Waals surface area contributed by atoms with Gasteiger partial charge in [-0.3, -0.25) is 9.48 Å². The van der Waals surface area contributed by atoms with E-state index < -0.39 is 0 Å². The van der Waals surface area contributed by atoms with Gasteiger partial charge in [0.05, 0.1) is 10.7 Å². The molecule has 0 radical (unpaired) electrons. The van der Waals surface area contributed by atoms with E-state index in [1.165, 1.54) is 0 Å². The van der Waals surface area contributed by atoms with Crippen molar-refractivity contribution >= 4 is 21.8 Å². The second-order valence-corrected chi connectivity index (χ2v) is 4.32. The molecule has 1 aromatic heterocycles. The van der Waals surface area contributed by atoms with Crippen molar-refractivity contribution in [3.63, 3.8) is 0 Å². The van der Waals surface area contributed by atoms with Crippen LogP contribution in [0.4, 0.5) is 0 Å². The molecule has 1 heterocycles. The molecule has 1 rings (SSSR count). The highest BCUT2D eigenvalue weighted by Gasteiger charge is 2.15. The Morgan fingerprint density at radius 3 is 3.00 bits per heavy atom. The molecule has 0 spiro atoms. The van der Waals surface area contributed by atoms with Crippen molar-refractivity contribution in [1.29, 1.82) is 0 Å². The maximum Gasteiger partial charge on any atom is 0.270 e. The van der Waals surface area contributed by atoms with Crippen LogP contribution in [0.5, 0.6) is 0 Å². The molecule has 0 fully saturated rings. The van der Waals surface area contributed by atoms with Gasteiger partial charge in [-0.05, 0) is 36.2 Å². The van der Waals surface area contributed by atoms with Gasteiger partial charge in [0.1, 0.15) is 5.69 Å². The summed E-state index contributed by atoms with van der Waals surface area (Å²) in [6.45, 7) is 6.57. The normalized spacial score (nSPS) is 10.5. The highest BCUT2D eigenvalue weighted by Crippen LogP contribution is 2.15. The molecule has 96 valence electrons. The zero-order valence-electron chi connectivity index (χ0n) is 10.2. The second kappa shape index (κ2) is 7.45. The van der Waals surface area contributed by atoms with Crippen molar-refractivity contribution in [3.8, 4) is 0 Å². The zero-order chi connectivity index (χ0) is 12.7. The van der Waals surface area contributed by atoms with Gasteiger partial charge in [0.15, 0.2) is 0 Å². The van der Waals surface area contributed by atoms with E-state index in [1.54, 1.807) is 10.9 Å². The average molecular weight is 304 g/mol. The number of carbonyl (C=O) groups is 1. The van der Waals surface area contributed by atoms with Crippen LogP contribution in [0.2, 0.25) is 0 Å². The SMILES string of the molecule is CCOCCCNC(=O)c1c(Br)cnn1CC. The molecule has 17 heavy (non-hydrogen) atoms. The highest BCUT2D eigenvalue weighted by molar-refractivity contribution is 9.10. The second-order valence-electron chi connectivity index (χ2n) is 3.46. The maximum atomic E-state index is 11.9. The number of hydrogen-bond donors (Lipinski definition) is 1. The van der Waals surface area contributed by atoms with Crippen LogP contribution >= 0.6 is 15.9 Å². The zero-order valence-corrected chi connectivity index (χ0v) is 11.8. The van der Waals surface area contributed by atoms with Crippen LogP contribution in [0, 0.1) is 0 Å². The van der Waals surface area contributed by atoms with E-state index in [4.69, 9.17) is 4.74 Å². The van der Waals surface area contributed by atoms with Crippen LogP contribution in [0.15, 0.2) is 10.7 Å².